The number of alkyl halides is 3. The minimum atomic E-state index is -4.70. The molecule has 2 N–H and O–H groups in total. The third-order valence-electron chi connectivity index (χ3n) is 3.72. The molecule has 0 aliphatic carbocycles. The van der Waals surface area contributed by atoms with Crippen molar-refractivity contribution in [2.75, 3.05) is 18.1 Å². The minimum Gasteiger partial charge on any atom is -0.459 e. The van der Waals surface area contributed by atoms with Crippen LogP contribution in [-0.4, -0.2) is 40.5 Å². The lowest BCUT2D eigenvalue weighted by Crippen LogP contribution is -2.46. The van der Waals surface area contributed by atoms with Crippen LogP contribution in [0.25, 0.3) is 0 Å². The molecule has 1 heterocycles. The Morgan fingerprint density at radius 3 is 2.52 bits per heavy atom. The first-order valence-corrected chi connectivity index (χ1v) is 8.87. The molecule has 0 aromatic heterocycles. The van der Waals surface area contributed by atoms with Crippen LogP contribution in [0.15, 0.2) is 18.2 Å². The SMILES string of the molecule is CCOC(=O)C(=O)N1CC(P(=O)(O)O)Cc2cc(C(F)(F)F)ccc21. The largest absolute Gasteiger partial charge is 0.459 e. The Kier molecular flexibility index (Phi) is 5.27. The van der Waals surface area contributed by atoms with Gasteiger partial charge in [0, 0.05) is 12.2 Å². The van der Waals surface area contributed by atoms with Gasteiger partial charge in [0.25, 0.3) is 0 Å². The molecule has 1 aliphatic rings. The van der Waals surface area contributed by atoms with Crippen molar-refractivity contribution in [3.8, 4) is 0 Å². The molecule has 138 valence electrons. The van der Waals surface area contributed by atoms with Gasteiger partial charge in [0.1, 0.15) is 0 Å². The highest BCUT2D eigenvalue weighted by atomic mass is 31.2. The summed E-state index contributed by atoms with van der Waals surface area (Å²) < 4.78 is 54.7. The number of fused-ring (bicyclic) bond motifs is 1. The molecule has 2 rings (SSSR count). The van der Waals surface area contributed by atoms with Gasteiger partial charge >= 0.3 is 25.6 Å². The van der Waals surface area contributed by atoms with Gasteiger partial charge in [-0.15, -0.1) is 0 Å². The van der Waals surface area contributed by atoms with Gasteiger partial charge in [0.05, 0.1) is 17.8 Å². The normalized spacial score (nSPS) is 17.8. The van der Waals surface area contributed by atoms with Gasteiger partial charge in [-0.1, -0.05) is 0 Å². The van der Waals surface area contributed by atoms with Crippen molar-refractivity contribution < 1.29 is 41.8 Å². The maximum absolute atomic E-state index is 12.9. The summed E-state index contributed by atoms with van der Waals surface area (Å²) in [5, 5.41) is 0. The van der Waals surface area contributed by atoms with Crippen molar-refractivity contribution >= 4 is 25.2 Å². The molecule has 11 heteroatoms. The summed E-state index contributed by atoms with van der Waals surface area (Å²) in [6, 6.07) is 2.47. The molecule has 1 aromatic rings. The van der Waals surface area contributed by atoms with Crippen LogP contribution in [0.4, 0.5) is 18.9 Å². The van der Waals surface area contributed by atoms with E-state index >= 15 is 0 Å². The first kappa shape index (κ1) is 19.4. The summed E-state index contributed by atoms with van der Waals surface area (Å²) in [6.45, 7) is 0.865. The lowest BCUT2D eigenvalue weighted by molar-refractivity contribution is -0.153. The second kappa shape index (κ2) is 6.78. The van der Waals surface area contributed by atoms with E-state index in [9.17, 15) is 37.1 Å². The smallest absolute Gasteiger partial charge is 0.416 e. The van der Waals surface area contributed by atoms with Gasteiger partial charge in [0.2, 0.25) is 0 Å². The Bertz CT molecular complexity index is 745. The maximum Gasteiger partial charge on any atom is 0.416 e. The Morgan fingerprint density at radius 1 is 1.36 bits per heavy atom. The Hall–Kier alpha value is -1.90. The quantitative estimate of drug-likeness (QED) is 0.459. The zero-order valence-electron chi connectivity index (χ0n) is 13.0. The number of ether oxygens (including phenoxy) is 1. The lowest BCUT2D eigenvalue weighted by Gasteiger charge is -2.34. The highest BCUT2D eigenvalue weighted by molar-refractivity contribution is 7.52. The van der Waals surface area contributed by atoms with Crippen molar-refractivity contribution in [3.05, 3.63) is 29.3 Å². The summed E-state index contributed by atoms with van der Waals surface area (Å²) in [7, 11) is -4.70. The summed E-state index contributed by atoms with van der Waals surface area (Å²) in [4.78, 5) is 43.3. The van der Waals surface area contributed by atoms with Crippen LogP contribution in [0.2, 0.25) is 0 Å². The number of carbonyl (C=O) groups is 2. The number of amides is 1. The van der Waals surface area contributed by atoms with Gasteiger partial charge < -0.3 is 19.4 Å². The Morgan fingerprint density at radius 2 is 2.00 bits per heavy atom. The van der Waals surface area contributed by atoms with Gasteiger partial charge in [-0.2, -0.15) is 13.2 Å². The molecule has 1 aliphatic heterocycles. The summed E-state index contributed by atoms with van der Waals surface area (Å²) >= 11 is 0. The molecule has 1 atom stereocenters. The molecule has 1 unspecified atom stereocenters. The summed E-state index contributed by atoms with van der Waals surface area (Å²) in [6.07, 6.45) is -5.00. The van der Waals surface area contributed by atoms with E-state index in [1.807, 2.05) is 0 Å². The average Bonchev–Trinajstić information content (AvgIpc) is 2.51. The van der Waals surface area contributed by atoms with Crippen molar-refractivity contribution in [3.63, 3.8) is 0 Å². The van der Waals surface area contributed by atoms with Crippen molar-refractivity contribution in [2.24, 2.45) is 0 Å². The number of nitrogens with zero attached hydrogens (tertiary/aromatic N) is 1. The number of halogens is 3. The second-order valence-corrected chi connectivity index (χ2v) is 7.33. The van der Waals surface area contributed by atoms with Crippen LogP contribution in [0, 0.1) is 0 Å². The predicted octanol–water partition coefficient (Wildman–Crippen LogP) is 1.70. The monoisotopic (exact) mass is 381 g/mol. The Balaban J connectivity index is 2.50. The summed E-state index contributed by atoms with van der Waals surface area (Å²) in [5.74, 6) is -2.44. The van der Waals surface area contributed by atoms with Gasteiger partial charge in [-0.05, 0) is 37.1 Å². The van der Waals surface area contributed by atoms with Crippen LogP contribution in [0.5, 0.6) is 0 Å². The number of hydrogen-bond donors (Lipinski definition) is 2. The third-order valence-corrected chi connectivity index (χ3v) is 5.01. The molecule has 7 nitrogen and oxygen atoms in total. The number of esters is 1. The van der Waals surface area contributed by atoms with E-state index in [-0.39, 0.29) is 24.3 Å². The van der Waals surface area contributed by atoms with Crippen LogP contribution >= 0.6 is 7.60 Å². The number of anilines is 1. The van der Waals surface area contributed by atoms with E-state index in [4.69, 9.17) is 0 Å². The molecule has 1 amide bonds. The molecular formula is C14H15F3NO6P. The van der Waals surface area contributed by atoms with Crippen LogP contribution < -0.4 is 4.90 Å². The molecule has 0 fully saturated rings. The molecule has 25 heavy (non-hydrogen) atoms. The van der Waals surface area contributed by atoms with Gasteiger partial charge in [0.15, 0.2) is 0 Å². The van der Waals surface area contributed by atoms with Crippen LogP contribution in [-0.2, 0) is 31.5 Å². The summed E-state index contributed by atoms with van der Waals surface area (Å²) in [5.41, 5.74) is -2.51. The highest BCUT2D eigenvalue weighted by Gasteiger charge is 2.41. The van der Waals surface area contributed by atoms with Crippen molar-refractivity contribution in [1.29, 1.82) is 0 Å². The number of rotatable bonds is 2. The van der Waals surface area contributed by atoms with Crippen molar-refractivity contribution in [1.82, 2.24) is 0 Å². The highest BCUT2D eigenvalue weighted by Crippen LogP contribution is 2.47. The zero-order valence-corrected chi connectivity index (χ0v) is 13.9. The van der Waals surface area contributed by atoms with Crippen LogP contribution in [0.1, 0.15) is 18.1 Å². The van der Waals surface area contributed by atoms with Crippen LogP contribution in [0.3, 0.4) is 0 Å². The molecule has 1 aromatic carbocycles. The van der Waals surface area contributed by atoms with Crippen molar-refractivity contribution in [2.45, 2.75) is 25.2 Å². The molecule has 0 spiro atoms. The number of carbonyl (C=O) groups excluding carboxylic acids is 2. The number of benzene rings is 1. The second-order valence-electron chi connectivity index (χ2n) is 5.42. The maximum atomic E-state index is 12.9. The van der Waals surface area contributed by atoms with E-state index in [2.05, 4.69) is 4.74 Å². The third kappa shape index (κ3) is 4.20. The standard InChI is InChI=1S/C14H15F3NO6P/c1-2-24-13(20)12(19)18-7-10(25(21,22)23)6-8-5-9(14(15,16)17)3-4-11(8)18/h3-5,10H,2,6-7H2,1H3,(H2,21,22,23). The molecule has 0 saturated carbocycles. The fraction of sp³-hybridized carbons (Fsp3) is 0.429. The topological polar surface area (TPSA) is 104 Å². The van der Waals surface area contributed by atoms with E-state index in [1.165, 1.54) is 6.92 Å². The fourth-order valence-electron chi connectivity index (χ4n) is 2.54. The minimum absolute atomic E-state index is 0.00393. The fourth-order valence-corrected chi connectivity index (χ4v) is 3.35. The molecule has 0 radical (unpaired) electrons. The first-order valence-electron chi connectivity index (χ1n) is 7.19. The van der Waals surface area contributed by atoms with Gasteiger partial charge in [-0.25, -0.2) is 4.79 Å². The average molecular weight is 381 g/mol. The van der Waals surface area contributed by atoms with E-state index in [1.54, 1.807) is 0 Å². The van der Waals surface area contributed by atoms with E-state index in [0.29, 0.717) is 0 Å². The molecule has 0 saturated heterocycles. The Labute approximate surface area is 140 Å². The zero-order chi connectivity index (χ0) is 19.0. The first-order chi connectivity index (χ1) is 11.4. The van der Waals surface area contributed by atoms with E-state index in [0.717, 1.165) is 23.1 Å². The number of hydrogen-bond acceptors (Lipinski definition) is 4. The van der Waals surface area contributed by atoms with Gasteiger partial charge in [-0.3, -0.25) is 9.36 Å². The van der Waals surface area contributed by atoms with E-state index < -0.39 is 43.4 Å². The molecule has 0 bridgehead atoms. The predicted molar refractivity (Wildman–Crippen MR) is 80.0 cm³/mol. The molecular weight excluding hydrogens is 366 g/mol. The lowest BCUT2D eigenvalue weighted by atomic mass is 9.98.